The number of carbonyl (C=O) groups excluding carboxylic acids is 1. The molecular formula is C18H19N7O. The summed E-state index contributed by atoms with van der Waals surface area (Å²) in [4.78, 5) is 28.9. The number of pyridine rings is 1. The zero-order valence-corrected chi connectivity index (χ0v) is 14.3. The lowest BCUT2D eigenvalue weighted by Crippen LogP contribution is -2.49. The van der Waals surface area contributed by atoms with Crippen LogP contribution in [0, 0.1) is 17.2 Å². The Labute approximate surface area is 151 Å². The molecule has 2 aromatic rings. The summed E-state index contributed by atoms with van der Waals surface area (Å²) in [5.41, 5.74) is 1.08. The first-order chi connectivity index (χ1) is 12.7. The molecular weight excluding hydrogens is 330 g/mol. The molecule has 132 valence electrons. The van der Waals surface area contributed by atoms with Gasteiger partial charge in [-0.3, -0.25) is 4.79 Å². The van der Waals surface area contributed by atoms with Gasteiger partial charge in [0.15, 0.2) is 5.69 Å². The SMILES string of the molecule is N#Cc1cnc(Nc2ccc(N3CCN(C(=O)C4CC4)CC3)nc2)cn1. The maximum Gasteiger partial charge on any atom is 0.225 e. The molecule has 3 heterocycles. The zero-order valence-electron chi connectivity index (χ0n) is 14.3. The lowest BCUT2D eigenvalue weighted by atomic mass is 10.2. The Balaban J connectivity index is 1.34. The van der Waals surface area contributed by atoms with Crippen molar-refractivity contribution in [3.05, 3.63) is 36.4 Å². The van der Waals surface area contributed by atoms with Crippen molar-refractivity contribution in [3.63, 3.8) is 0 Å². The number of nitrogens with zero attached hydrogens (tertiary/aromatic N) is 6. The van der Waals surface area contributed by atoms with Crippen LogP contribution in [0.3, 0.4) is 0 Å². The van der Waals surface area contributed by atoms with Crippen molar-refractivity contribution in [1.82, 2.24) is 19.9 Å². The van der Waals surface area contributed by atoms with Crippen LogP contribution in [-0.4, -0.2) is 51.9 Å². The van der Waals surface area contributed by atoms with Gasteiger partial charge in [0.2, 0.25) is 5.91 Å². The number of aromatic nitrogens is 3. The fraction of sp³-hybridized carbons (Fsp3) is 0.389. The van der Waals surface area contributed by atoms with Crippen molar-refractivity contribution in [2.45, 2.75) is 12.8 Å². The van der Waals surface area contributed by atoms with Gasteiger partial charge in [0, 0.05) is 32.1 Å². The van der Waals surface area contributed by atoms with Gasteiger partial charge in [0.25, 0.3) is 0 Å². The van der Waals surface area contributed by atoms with E-state index in [1.807, 2.05) is 23.1 Å². The van der Waals surface area contributed by atoms with Gasteiger partial charge in [-0.25, -0.2) is 15.0 Å². The summed E-state index contributed by atoms with van der Waals surface area (Å²) >= 11 is 0. The molecule has 1 saturated heterocycles. The van der Waals surface area contributed by atoms with Gasteiger partial charge in [-0.05, 0) is 25.0 Å². The molecule has 0 atom stereocenters. The van der Waals surface area contributed by atoms with E-state index in [9.17, 15) is 4.79 Å². The van der Waals surface area contributed by atoms with E-state index >= 15 is 0 Å². The highest BCUT2D eigenvalue weighted by Gasteiger charge is 2.34. The lowest BCUT2D eigenvalue weighted by molar-refractivity contribution is -0.132. The second kappa shape index (κ2) is 6.96. The van der Waals surface area contributed by atoms with E-state index in [1.165, 1.54) is 12.4 Å². The third-order valence-corrected chi connectivity index (χ3v) is 4.63. The molecule has 2 fully saturated rings. The largest absolute Gasteiger partial charge is 0.353 e. The number of piperazine rings is 1. The molecule has 2 aromatic heterocycles. The number of hydrogen-bond acceptors (Lipinski definition) is 7. The Kier molecular flexibility index (Phi) is 4.35. The summed E-state index contributed by atoms with van der Waals surface area (Å²) in [6.45, 7) is 3.13. The summed E-state index contributed by atoms with van der Waals surface area (Å²) < 4.78 is 0. The monoisotopic (exact) mass is 349 g/mol. The molecule has 2 aliphatic rings. The number of carbonyl (C=O) groups is 1. The van der Waals surface area contributed by atoms with Crippen LogP contribution in [0.5, 0.6) is 0 Å². The molecule has 0 spiro atoms. The first-order valence-corrected chi connectivity index (χ1v) is 8.72. The minimum absolute atomic E-state index is 0.281. The van der Waals surface area contributed by atoms with Gasteiger partial charge in [-0.15, -0.1) is 0 Å². The first kappa shape index (κ1) is 16.3. The Hall–Kier alpha value is -3.21. The molecule has 1 aliphatic carbocycles. The molecule has 0 bridgehead atoms. The Morgan fingerprint density at radius 3 is 2.46 bits per heavy atom. The number of amides is 1. The van der Waals surface area contributed by atoms with Gasteiger partial charge in [-0.2, -0.15) is 5.26 Å². The number of rotatable bonds is 4. The number of anilines is 3. The fourth-order valence-electron chi connectivity index (χ4n) is 2.99. The molecule has 1 aliphatic heterocycles. The van der Waals surface area contributed by atoms with Crippen LogP contribution < -0.4 is 10.2 Å². The van der Waals surface area contributed by atoms with E-state index in [4.69, 9.17) is 5.26 Å². The Bertz CT molecular complexity index is 816. The highest BCUT2D eigenvalue weighted by molar-refractivity contribution is 5.81. The predicted molar refractivity (Wildman–Crippen MR) is 95.8 cm³/mol. The lowest BCUT2D eigenvalue weighted by Gasteiger charge is -2.35. The van der Waals surface area contributed by atoms with Crippen molar-refractivity contribution >= 4 is 23.2 Å². The van der Waals surface area contributed by atoms with Crippen LogP contribution in [0.25, 0.3) is 0 Å². The molecule has 0 radical (unpaired) electrons. The van der Waals surface area contributed by atoms with E-state index in [0.717, 1.165) is 50.5 Å². The van der Waals surface area contributed by atoms with Gasteiger partial charge in [-0.1, -0.05) is 0 Å². The maximum atomic E-state index is 12.1. The maximum absolute atomic E-state index is 12.1. The molecule has 0 aromatic carbocycles. The summed E-state index contributed by atoms with van der Waals surface area (Å²) in [5.74, 6) is 2.07. The van der Waals surface area contributed by atoms with Crippen molar-refractivity contribution in [3.8, 4) is 6.07 Å². The van der Waals surface area contributed by atoms with Crippen molar-refractivity contribution < 1.29 is 4.79 Å². The average Bonchev–Trinajstić information content (AvgIpc) is 3.54. The first-order valence-electron chi connectivity index (χ1n) is 8.72. The molecule has 4 rings (SSSR count). The zero-order chi connectivity index (χ0) is 17.9. The van der Waals surface area contributed by atoms with Crippen molar-refractivity contribution in [1.29, 1.82) is 5.26 Å². The van der Waals surface area contributed by atoms with Crippen LogP contribution in [0.1, 0.15) is 18.5 Å². The predicted octanol–water partition coefficient (Wildman–Crippen LogP) is 1.55. The topological polar surface area (TPSA) is 98.0 Å². The number of nitrogens with one attached hydrogen (secondary N) is 1. The normalized spacial score (nSPS) is 16.9. The summed E-state index contributed by atoms with van der Waals surface area (Å²) in [7, 11) is 0. The smallest absolute Gasteiger partial charge is 0.225 e. The van der Waals surface area contributed by atoms with Gasteiger partial charge >= 0.3 is 0 Å². The van der Waals surface area contributed by atoms with Crippen molar-refractivity contribution in [2.24, 2.45) is 5.92 Å². The number of hydrogen-bond donors (Lipinski definition) is 1. The van der Waals surface area contributed by atoms with E-state index in [-0.39, 0.29) is 11.6 Å². The van der Waals surface area contributed by atoms with Gasteiger partial charge in [0.1, 0.15) is 17.7 Å². The summed E-state index contributed by atoms with van der Waals surface area (Å²) in [6, 6.07) is 5.83. The molecule has 8 heteroatoms. The second-order valence-electron chi connectivity index (χ2n) is 6.52. The summed E-state index contributed by atoms with van der Waals surface area (Å²) in [5, 5.41) is 11.9. The van der Waals surface area contributed by atoms with E-state index in [0.29, 0.717) is 11.7 Å². The molecule has 8 nitrogen and oxygen atoms in total. The highest BCUT2D eigenvalue weighted by atomic mass is 16.2. The highest BCUT2D eigenvalue weighted by Crippen LogP contribution is 2.31. The Morgan fingerprint density at radius 1 is 1.08 bits per heavy atom. The fourth-order valence-corrected chi connectivity index (χ4v) is 2.99. The molecule has 1 amide bonds. The third kappa shape index (κ3) is 3.57. The number of nitriles is 1. The second-order valence-corrected chi connectivity index (χ2v) is 6.52. The van der Waals surface area contributed by atoms with E-state index in [1.54, 1.807) is 6.20 Å². The van der Waals surface area contributed by atoms with Gasteiger partial charge < -0.3 is 15.1 Å². The molecule has 1 saturated carbocycles. The minimum atomic E-state index is 0.281. The molecule has 0 unspecified atom stereocenters. The van der Waals surface area contributed by atoms with Crippen LogP contribution in [0.2, 0.25) is 0 Å². The average molecular weight is 349 g/mol. The van der Waals surface area contributed by atoms with Crippen LogP contribution in [-0.2, 0) is 4.79 Å². The van der Waals surface area contributed by atoms with E-state index in [2.05, 4.69) is 25.2 Å². The van der Waals surface area contributed by atoms with Gasteiger partial charge in [0.05, 0.1) is 24.3 Å². The van der Waals surface area contributed by atoms with Crippen LogP contribution in [0.15, 0.2) is 30.7 Å². The standard InChI is InChI=1S/C18H19N7O/c19-9-15-11-21-16(12-20-15)23-14-3-4-17(22-10-14)24-5-7-25(8-6-24)18(26)13-1-2-13/h3-4,10-13H,1-2,5-8H2,(H,21,23). The van der Waals surface area contributed by atoms with Crippen molar-refractivity contribution in [2.75, 3.05) is 36.4 Å². The molecule has 26 heavy (non-hydrogen) atoms. The van der Waals surface area contributed by atoms with Crippen LogP contribution in [0.4, 0.5) is 17.3 Å². The molecule has 1 N–H and O–H groups in total. The quantitative estimate of drug-likeness (QED) is 0.894. The third-order valence-electron chi connectivity index (χ3n) is 4.63. The van der Waals surface area contributed by atoms with E-state index < -0.39 is 0 Å². The van der Waals surface area contributed by atoms with Crippen LogP contribution >= 0.6 is 0 Å². The minimum Gasteiger partial charge on any atom is -0.353 e. The Morgan fingerprint density at radius 2 is 1.88 bits per heavy atom. The summed E-state index contributed by atoms with van der Waals surface area (Å²) in [6.07, 6.45) is 6.80.